The van der Waals surface area contributed by atoms with E-state index in [1.54, 1.807) is 36.4 Å². The van der Waals surface area contributed by atoms with Gasteiger partial charge in [0.05, 0.1) is 24.0 Å². The van der Waals surface area contributed by atoms with Crippen molar-refractivity contribution in [1.82, 2.24) is 0 Å². The lowest BCUT2D eigenvalue weighted by molar-refractivity contribution is -0.121. The molecule has 0 aliphatic carbocycles. The van der Waals surface area contributed by atoms with Crippen molar-refractivity contribution in [2.24, 2.45) is 0 Å². The van der Waals surface area contributed by atoms with Crippen LogP contribution in [-0.4, -0.2) is 40.5 Å². The summed E-state index contributed by atoms with van der Waals surface area (Å²) in [4.78, 5) is 49.4. The maximum Gasteiger partial charge on any atom is 0.337 e. The third-order valence-corrected chi connectivity index (χ3v) is 5.09. The minimum atomic E-state index is -1.18. The van der Waals surface area contributed by atoms with Crippen LogP contribution in [0.3, 0.4) is 0 Å². The van der Waals surface area contributed by atoms with Gasteiger partial charge in [-0.15, -0.1) is 0 Å². The number of thioether (sulfide) groups is 1. The highest BCUT2D eigenvalue weighted by atomic mass is 32.2. The molecule has 1 unspecified atom stereocenters. The fourth-order valence-corrected chi connectivity index (χ4v) is 3.69. The van der Waals surface area contributed by atoms with Gasteiger partial charge in [-0.05, 0) is 48.2 Å². The van der Waals surface area contributed by atoms with Crippen molar-refractivity contribution in [2.75, 3.05) is 17.3 Å². The minimum absolute atomic E-state index is 0.0582. The first-order valence-electron chi connectivity index (χ1n) is 8.21. The second-order valence-electron chi connectivity index (χ2n) is 5.85. The van der Waals surface area contributed by atoms with E-state index >= 15 is 0 Å². The van der Waals surface area contributed by atoms with Crippen LogP contribution in [-0.2, 0) is 9.59 Å². The second kappa shape index (κ2) is 8.13. The number of carboxylic acid groups (broad SMARTS) is 1. The number of hydrogen-bond acceptors (Lipinski definition) is 6. The van der Waals surface area contributed by atoms with Gasteiger partial charge in [0, 0.05) is 6.42 Å². The van der Waals surface area contributed by atoms with Crippen molar-refractivity contribution in [2.45, 2.75) is 11.7 Å². The number of carboxylic acids is 1. The Morgan fingerprint density at radius 2 is 1.82 bits per heavy atom. The van der Waals surface area contributed by atoms with Crippen LogP contribution in [0, 0.1) is 0 Å². The van der Waals surface area contributed by atoms with E-state index in [1.807, 2.05) is 0 Å². The Kier molecular flexibility index (Phi) is 5.65. The highest BCUT2D eigenvalue weighted by molar-refractivity contribution is 8.15. The van der Waals surface area contributed by atoms with Crippen LogP contribution in [0.4, 0.5) is 16.2 Å². The maximum atomic E-state index is 12.6. The molecule has 28 heavy (non-hydrogen) atoms. The average Bonchev–Trinajstić information content (AvgIpc) is 2.95. The van der Waals surface area contributed by atoms with Crippen LogP contribution in [0.25, 0.3) is 0 Å². The van der Waals surface area contributed by atoms with Gasteiger partial charge in [0.1, 0.15) is 11.0 Å². The third-order valence-electron chi connectivity index (χ3n) is 4.05. The lowest BCUT2D eigenvalue weighted by atomic mass is 10.1. The van der Waals surface area contributed by atoms with Crippen LogP contribution >= 0.6 is 11.8 Å². The first-order chi connectivity index (χ1) is 13.4. The lowest BCUT2D eigenvalue weighted by Crippen LogP contribution is -2.33. The zero-order valence-electron chi connectivity index (χ0n) is 14.7. The molecule has 2 aromatic carbocycles. The summed E-state index contributed by atoms with van der Waals surface area (Å²) in [5.41, 5.74) is 0.466. The number of amides is 3. The van der Waals surface area contributed by atoms with Gasteiger partial charge in [-0.1, -0.05) is 12.1 Å². The van der Waals surface area contributed by atoms with Crippen LogP contribution < -0.4 is 15.0 Å². The van der Waals surface area contributed by atoms with Crippen LogP contribution in [0.15, 0.2) is 48.5 Å². The van der Waals surface area contributed by atoms with Crippen LogP contribution in [0.5, 0.6) is 5.75 Å². The standard InChI is InChI=1S/C19H16N2O6S/c1-27-12-8-6-11(7-9-12)21-17(23)15(28-19(21)26)10-16(22)20-14-5-3-2-4-13(14)18(24)25/h2-9,15H,10H2,1H3,(H,20,22)(H,24,25). The Hall–Kier alpha value is -3.33. The number of imide groups is 1. The molecule has 8 nitrogen and oxygen atoms in total. The number of anilines is 2. The number of rotatable bonds is 6. The normalized spacial score (nSPS) is 16.2. The smallest absolute Gasteiger partial charge is 0.337 e. The molecule has 1 aliphatic rings. The molecule has 144 valence electrons. The van der Waals surface area contributed by atoms with Gasteiger partial charge in [-0.2, -0.15) is 0 Å². The number of ether oxygens (including phenoxy) is 1. The molecule has 1 heterocycles. The summed E-state index contributed by atoms with van der Waals surface area (Å²) >= 11 is 0.765. The Morgan fingerprint density at radius 1 is 1.14 bits per heavy atom. The molecule has 1 fully saturated rings. The van der Waals surface area contributed by atoms with Gasteiger partial charge >= 0.3 is 5.97 Å². The number of para-hydroxylation sites is 1. The highest BCUT2D eigenvalue weighted by Gasteiger charge is 2.41. The molecule has 2 aromatic rings. The number of nitrogens with one attached hydrogen (secondary N) is 1. The number of carbonyl (C=O) groups excluding carboxylic acids is 3. The molecule has 0 radical (unpaired) electrons. The first-order valence-corrected chi connectivity index (χ1v) is 9.09. The molecule has 0 spiro atoms. The summed E-state index contributed by atoms with van der Waals surface area (Å²) < 4.78 is 5.05. The summed E-state index contributed by atoms with van der Waals surface area (Å²) in [5, 5.41) is 10.3. The SMILES string of the molecule is COc1ccc(N2C(=O)SC(CC(=O)Nc3ccccc3C(=O)O)C2=O)cc1. The van der Waals surface area contributed by atoms with Crippen molar-refractivity contribution < 1.29 is 29.0 Å². The van der Waals surface area contributed by atoms with Crippen LogP contribution in [0.2, 0.25) is 0 Å². The maximum absolute atomic E-state index is 12.6. The molecular formula is C19H16N2O6S. The van der Waals surface area contributed by atoms with Gasteiger partial charge in [0.25, 0.3) is 5.24 Å². The van der Waals surface area contributed by atoms with Gasteiger partial charge in [0.15, 0.2) is 0 Å². The van der Waals surface area contributed by atoms with Gasteiger partial charge < -0.3 is 15.2 Å². The monoisotopic (exact) mass is 400 g/mol. The van der Waals surface area contributed by atoms with E-state index in [-0.39, 0.29) is 17.7 Å². The van der Waals surface area contributed by atoms with E-state index in [2.05, 4.69) is 5.32 Å². The number of benzene rings is 2. The predicted molar refractivity (Wildman–Crippen MR) is 104 cm³/mol. The second-order valence-corrected chi connectivity index (χ2v) is 7.00. The molecule has 0 aromatic heterocycles. The zero-order chi connectivity index (χ0) is 20.3. The molecular weight excluding hydrogens is 384 g/mol. The Balaban J connectivity index is 1.70. The molecule has 1 saturated heterocycles. The number of carbonyl (C=O) groups is 4. The van der Waals surface area contributed by atoms with E-state index in [1.165, 1.54) is 19.2 Å². The molecule has 2 N–H and O–H groups in total. The highest BCUT2D eigenvalue weighted by Crippen LogP contribution is 2.34. The van der Waals surface area contributed by atoms with Crippen molar-refractivity contribution in [3.05, 3.63) is 54.1 Å². The molecule has 9 heteroatoms. The van der Waals surface area contributed by atoms with Crippen molar-refractivity contribution in [3.63, 3.8) is 0 Å². The van der Waals surface area contributed by atoms with E-state index in [9.17, 15) is 19.2 Å². The summed E-state index contributed by atoms with van der Waals surface area (Å²) in [7, 11) is 1.51. The molecule has 1 atom stereocenters. The minimum Gasteiger partial charge on any atom is -0.497 e. The Bertz CT molecular complexity index is 944. The van der Waals surface area contributed by atoms with E-state index in [0.717, 1.165) is 16.7 Å². The van der Waals surface area contributed by atoms with Crippen molar-refractivity contribution >= 4 is 46.2 Å². The summed E-state index contributed by atoms with van der Waals surface area (Å²) in [5.74, 6) is -1.64. The Labute approximate surface area is 164 Å². The molecule has 0 bridgehead atoms. The predicted octanol–water partition coefficient (Wildman–Crippen LogP) is 2.99. The summed E-state index contributed by atoms with van der Waals surface area (Å²) in [6, 6.07) is 12.4. The zero-order valence-corrected chi connectivity index (χ0v) is 15.6. The van der Waals surface area contributed by atoms with Crippen LogP contribution in [0.1, 0.15) is 16.8 Å². The summed E-state index contributed by atoms with van der Waals surface area (Å²) in [6.45, 7) is 0. The average molecular weight is 400 g/mol. The van der Waals surface area contributed by atoms with Gasteiger partial charge in [-0.25, -0.2) is 9.69 Å². The fraction of sp³-hybridized carbons (Fsp3) is 0.158. The summed E-state index contributed by atoms with van der Waals surface area (Å²) in [6.07, 6.45) is -0.254. The van der Waals surface area contributed by atoms with Crippen molar-refractivity contribution in [1.29, 1.82) is 0 Å². The number of aromatic carboxylic acids is 1. The topological polar surface area (TPSA) is 113 Å². The molecule has 0 saturated carbocycles. The molecule has 1 aliphatic heterocycles. The number of methoxy groups -OCH3 is 1. The van der Waals surface area contributed by atoms with E-state index in [4.69, 9.17) is 9.84 Å². The molecule has 3 rings (SSSR count). The largest absolute Gasteiger partial charge is 0.497 e. The van der Waals surface area contributed by atoms with E-state index < -0.39 is 28.3 Å². The van der Waals surface area contributed by atoms with Gasteiger partial charge in [-0.3, -0.25) is 14.4 Å². The number of nitrogens with zero attached hydrogens (tertiary/aromatic N) is 1. The van der Waals surface area contributed by atoms with E-state index in [0.29, 0.717) is 11.4 Å². The Morgan fingerprint density at radius 3 is 2.46 bits per heavy atom. The third kappa shape index (κ3) is 3.99. The van der Waals surface area contributed by atoms with Gasteiger partial charge in [0.2, 0.25) is 11.8 Å². The molecule has 3 amide bonds. The van der Waals surface area contributed by atoms with Crippen molar-refractivity contribution in [3.8, 4) is 5.75 Å². The lowest BCUT2D eigenvalue weighted by Gasteiger charge is -2.14. The first kappa shape index (κ1) is 19.4. The fourth-order valence-electron chi connectivity index (χ4n) is 2.70. The quantitative estimate of drug-likeness (QED) is 0.766. The number of hydrogen-bond donors (Lipinski definition) is 2.